The maximum atomic E-state index is 14.6. The number of nitrogens with one attached hydrogen (secondary N) is 2. The third-order valence-electron chi connectivity index (χ3n) is 4.81. The minimum absolute atomic E-state index is 0.0238. The van der Waals surface area contributed by atoms with E-state index < -0.39 is 11.7 Å². The van der Waals surface area contributed by atoms with Crippen molar-refractivity contribution in [2.75, 3.05) is 10.6 Å². The number of carbonyl (C=O) groups excluding carboxylic acids is 1. The molecule has 154 valence electrons. The summed E-state index contributed by atoms with van der Waals surface area (Å²) in [7, 11) is 1.85. The number of hydrogen-bond donors (Lipinski definition) is 4. The van der Waals surface area contributed by atoms with Gasteiger partial charge in [-0.2, -0.15) is 5.10 Å². The van der Waals surface area contributed by atoms with Crippen molar-refractivity contribution in [1.82, 2.24) is 14.8 Å². The van der Waals surface area contributed by atoms with Gasteiger partial charge >= 0.3 is 0 Å². The van der Waals surface area contributed by atoms with E-state index in [1.165, 1.54) is 0 Å². The van der Waals surface area contributed by atoms with Crippen molar-refractivity contribution in [2.45, 2.75) is 38.8 Å². The third-order valence-corrected chi connectivity index (χ3v) is 4.81. The Morgan fingerprint density at radius 1 is 1.31 bits per heavy atom. The first-order valence-corrected chi connectivity index (χ1v) is 9.51. The fourth-order valence-corrected chi connectivity index (χ4v) is 3.20. The Bertz CT molecular complexity index is 1030. The van der Waals surface area contributed by atoms with Gasteiger partial charge in [0.1, 0.15) is 5.82 Å². The molecule has 2 heterocycles. The Hall–Kier alpha value is -3.20. The number of carbonyl (C=O) groups is 1. The molecule has 0 spiro atoms. The molecule has 8 nitrogen and oxygen atoms in total. The number of primary amides is 1. The summed E-state index contributed by atoms with van der Waals surface area (Å²) in [5, 5.41) is 11.3. The van der Waals surface area contributed by atoms with Crippen LogP contribution < -0.4 is 22.1 Å². The number of nitrogens with two attached hydrogens (primary N) is 2. The van der Waals surface area contributed by atoms with E-state index in [2.05, 4.69) is 20.7 Å². The lowest BCUT2D eigenvalue weighted by molar-refractivity contribution is 0.100. The van der Waals surface area contributed by atoms with Crippen molar-refractivity contribution in [3.8, 4) is 0 Å². The van der Waals surface area contributed by atoms with Gasteiger partial charge in [-0.15, -0.1) is 0 Å². The van der Waals surface area contributed by atoms with Crippen molar-refractivity contribution < 1.29 is 9.18 Å². The Morgan fingerprint density at radius 3 is 2.72 bits per heavy atom. The van der Waals surface area contributed by atoms with Gasteiger partial charge in [0.15, 0.2) is 11.6 Å². The molecule has 1 amide bonds. The van der Waals surface area contributed by atoms with E-state index in [0.717, 1.165) is 29.8 Å². The number of benzene rings is 1. The van der Waals surface area contributed by atoms with Crippen LogP contribution in [0.25, 0.3) is 10.9 Å². The molecule has 2 atom stereocenters. The zero-order chi connectivity index (χ0) is 21.1. The average molecular weight is 399 g/mol. The molecular formula is C20H26FN7O. The molecule has 2 aromatic heterocycles. The summed E-state index contributed by atoms with van der Waals surface area (Å²) < 4.78 is 16.3. The fraction of sp³-hybridized carbons (Fsp3) is 0.350. The predicted octanol–water partition coefficient (Wildman–Crippen LogP) is 2.88. The number of aryl methyl sites for hydroxylation is 1. The molecule has 3 rings (SSSR count). The Kier molecular flexibility index (Phi) is 5.97. The standard InChI is InChI=1S/C20H26FN7O/c1-4-5-16(11(2)22)26-20-15(21)9-14(18(23)29)19(27-20)25-13-6-7-17-12(8-13)10-24-28(17)3/h6-11,16H,4-5,22H2,1-3H3,(H2,23,29)(H2,25,26,27)/t11-,16+/m0/s1. The molecule has 0 aliphatic heterocycles. The molecule has 9 heteroatoms. The van der Waals surface area contributed by atoms with Gasteiger partial charge in [0, 0.05) is 30.2 Å². The molecule has 6 N–H and O–H groups in total. The normalized spacial score (nSPS) is 13.3. The first-order valence-electron chi connectivity index (χ1n) is 9.51. The highest BCUT2D eigenvalue weighted by molar-refractivity contribution is 5.99. The van der Waals surface area contributed by atoms with Crippen LogP contribution in [0.4, 0.5) is 21.7 Å². The number of nitrogens with zero attached hydrogens (tertiary/aromatic N) is 3. The molecule has 0 bridgehead atoms. The SMILES string of the molecule is CCC[C@@H](Nc1nc(Nc2ccc3c(cnn3C)c2)c(C(N)=O)cc1F)[C@H](C)N. The van der Waals surface area contributed by atoms with E-state index in [1.54, 1.807) is 10.9 Å². The minimum atomic E-state index is -0.773. The zero-order valence-corrected chi connectivity index (χ0v) is 16.7. The van der Waals surface area contributed by atoms with Crippen molar-refractivity contribution in [2.24, 2.45) is 18.5 Å². The molecule has 0 fully saturated rings. The average Bonchev–Trinajstić information content (AvgIpc) is 3.03. The summed E-state index contributed by atoms with van der Waals surface area (Å²) in [5.41, 5.74) is 13.0. The van der Waals surface area contributed by atoms with Crippen LogP contribution in [0, 0.1) is 5.82 Å². The number of rotatable bonds is 8. The molecule has 0 unspecified atom stereocenters. The van der Waals surface area contributed by atoms with Crippen LogP contribution >= 0.6 is 0 Å². The summed E-state index contributed by atoms with van der Waals surface area (Å²) >= 11 is 0. The first-order chi connectivity index (χ1) is 13.8. The summed E-state index contributed by atoms with van der Waals surface area (Å²) in [6, 6.07) is 6.33. The van der Waals surface area contributed by atoms with Crippen molar-refractivity contribution in [1.29, 1.82) is 0 Å². The second-order valence-electron chi connectivity index (χ2n) is 7.14. The third kappa shape index (κ3) is 4.45. The smallest absolute Gasteiger partial charge is 0.252 e. The Labute approximate surface area is 168 Å². The molecule has 3 aromatic rings. The van der Waals surface area contributed by atoms with E-state index in [-0.39, 0.29) is 29.3 Å². The van der Waals surface area contributed by atoms with Gasteiger partial charge in [0.05, 0.1) is 17.3 Å². The van der Waals surface area contributed by atoms with E-state index >= 15 is 0 Å². The lowest BCUT2D eigenvalue weighted by Crippen LogP contribution is -2.38. The number of amides is 1. The largest absolute Gasteiger partial charge is 0.365 e. The maximum absolute atomic E-state index is 14.6. The molecule has 0 aliphatic carbocycles. The summed E-state index contributed by atoms with van der Waals surface area (Å²) in [5.74, 6) is -1.24. The maximum Gasteiger partial charge on any atom is 0.252 e. The summed E-state index contributed by atoms with van der Waals surface area (Å²) in [6.45, 7) is 3.88. The van der Waals surface area contributed by atoms with E-state index in [9.17, 15) is 9.18 Å². The predicted molar refractivity (Wildman–Crippen MR) is 113 cm³/mol. The van der Waals surface area contributed by atoms with Crippen molar-refractivity contribution >= 4 is 34.1 Å². The van der Waals surface area contributed by atoms with Crippen LogP contribution in [0.5, 0.6) is 0 Å². The number of fused-ring (bicyclic) bond motifs is 1. The molecule has 1 aromatic carbocycles. The van der Waals surface area contributed by atoms with E-state index in [1.807, 2.05) is 39.1 Å². The molecule has 0 radical (unpaired) electrons. The number of anilines is 3. The second-order valence-corrected chi connectivity index (χ2v) is 7.14. The van der Waals surface area contributed by atoms with Gasteiger partial charge in [-0.3, -0.25) is 9.48 Å². The van der Waals surface area contributed by atoms with Crippen LogP contribution in [0.15, 0.2) is 30.5 Å². The van der Waals surface area contributed by atoms with Gasteiger partial charge in [0.25, 0.3) is 5.91 Å². The van der Waals surface area contributed by atoms with Crippen LogP contribution in [0.1, 0.15) is 37.0 Å². The van der Waals surface area contributed by atoms with Crippen molar-refractivity contribution in [3.63, 3.8) is 0 Å². The Balaban J connectivity index is 1.97. The summed E-state index contributed by atoms with van der Waals surface area (Å²) in [6.07, 6.45) is 3.38. The second kappa shape index (κ2) is 8.44. The van der Waals surface area contributed by atoms with E-state index in [4.69, 9.17) is 11.5 Å². The van der Waals surface area contributed by atoms with Gasteiger partial charge in [-0.05, 0) is 37.6 Å². The highest BCUT2D eigenvalue weighted by atomic mass is 19.1. The lowest BCUT2D eigenvalue weighted by Gasteiger charge is -2.23. The van der Waals surface area contributed by atoms with Gasteiger partial charge < -0.3 is 22.1 Å². The van der Waals surface area contributed by atoms with Gasteiger partial charge in [-0.25, -0.2) is 9.37 Å². The quantitative estimate of drug-likeness (QED) is 0.462. The molecule has 0 saturated carbocycles. The number of aromatic nitrogens is 3. The monoisotopic (exact) mass is 399 g/mol. The number of halogens is 1. The van der Waals surface area contributed by atoms with Crippen LogP contribution in [0.2, 0.25) is 0 Å². The lowest BCUT2D eigenvalue weighted by atomic mass is 10.1. The Morgan fingerprint density at radius 2 is 2.07 bits per heavy atom. The van der Waals surface area contributed by atoms with Crippen LogP contribution in [0.3, 0.4) is 0 Å². The zero-order valence-electron chi connectivity index (χ0n) is 16.7. The molecule has 0 aliphatic rings. The number of hydrogen-bond acceptors (Lipinski definition) is 6. The van der Waals surface area contributed by atoms with Crippen LogP contribution in [-0.2, 0) is 7.05 Å². The van der Waals surface area contributed by atoms with E-state index in [0.29, 0.717) is 5.69 Å². The minimum Gasteiger partial charge on any atom is -0.365 e. The number of pyridine rings is 1. The van der Waals surface area contributed by atoms with Crippen LogP contribution in [-0.4, -0.2) is 32.8 Å². The molecule has 29 heavy (non-hydrogen) atoms. The highest BCUT2D eigenvalue weighted by Gasteiger charge is 2.20. The molecular weight excluding hydrogens is 373 g/mol. The summed E-state index contributed by atoms with van der Waals surface area (Å²) in [4.78, 5) is 16.1. The fourth-order valence-electron chi connectivity index (χ4n) is 3.20. The van der Waals surface area contributed by atoms with Gasteiger partial charge in [0.2, 0.25) is 0 Å². The molecule has 0 saturated heterocycles. The first kappa shape index (κ1) is 20.5. The van der Waals surface area contributed by atoms with Gasteiger partial charge in [-0.1, -0.05) is 13.3 Å². The highest BCUT2D eigenvalue weighted by Crippen LogP contribution is 2.26. The topological polar surface area (TPSA) is 124 Å². The van der Waals surface area contributed by atoms with Crippen molar-refractivity contribution in [3.05, 3.63) is 41.8 Å².